The van der Waals surface area contributed by atoms with E-state index >= 15 is 0 Å². The number of rotatable bonds is 2. The van der Waals surface area contributed by atoms with Crippen LogP contribution in [0, 0.1) is 12.8 Å². The first-order valence-corrected chi connectivity index (χ1v) is 8.29. The number of amides is 1. The van der Waals surface area contributed by atoms with Crippen LogP contribution in [0.4, 0.5) is 0 Å². The molecule has 7 heteroatoms. The van der Waals surface area contributed by atoms with Gasteiger partial charge < -0.3 is 9.32 Å². The lowest BCUT2D eigenvalue weighted by molar-refractivity contribution is -0.133. The van der Waals surface area contributed by atoms with Gasteiger partial charge in [0.25, 0.3) is 5.56 Å². The molecule has 1 fully saturated rings. The van der Waals surface area contributed by atoms with E-state index in [0.717, 1.165) is 31.4 Å². The molecule has 1 aliphatic rings. The third-order valence-corrected chi connectivity index (χ3v) is 4.89. The second kappa shape index (κ2) is 5.51. The van der Waals surface area contributed by atoms with Crippen molar-refractivity contribution in [2.45, 2.75) is 33.2 Å². The van der Waals surface area contributed by atoms with Crippen LogP contribution in [0.1, 0.15) is 25.6 Å². The maximum atomic E-state index is 12.7. The second-order valence-corrected chi connectivity index (χ2v) is 6.61. The van der Waals surface area contributed by atoms with Crippen molar-refractivity contribution < 1.29 is 9.21 Å². The summed E-state index contributed by atoms with van der Waals surface area (Å²) in [5.41, 5.74) is 1.67. The monoisotopic (exact) mass is 328 g/mol. The molecule has 0 saturated carbocycles. The molecule has 1 amide bonds. The van der Waals surface area contributed by atoms with Crippen LogP contribution >= 0.6 is 0 Å². The molecule has 1 saturated heterocycles. The number of furan rings is 1. The third kappa shape index (κ3) is 2.31. The Balaban J connectivity index is 1.68. The van der Waals surface area contributed by atoms with E-state index in [9.17, 15) is 9.59 Å². The molecule has 0 radical (unpaired) electrons. The van der Waals surface area contributed by atoms with Crippen LogP contribution in [0.25, 0.3) is 16.6 Å². The quantitative estimate of drug-likeness (QED) is 0.719. The molecule has 3 aromatic heterocycles. The smallest absolute Gasteiger partial charge is 0.291 e. The van der Waals surface area contributed by atoms with E-state index in [1.165, 1.54) is 4.68 Å². The Kier molecular flexibility index (Phi) is 3.44. The van der Waals surface area contributed by atoms with E-state index in [1.807, 2.05) is 11.8 Å². The molecule has 0 spiro atoms. The van der Waals surface area contributed by atoms with E-state index < -0.39 is 0 Å². The predicted molar refractivity (Wildman–Crippen MR) is 88.9 cm³/mol. The van der Waals surface area contributed by atoms with Gasteiger partial charge in [-0.05, 0) is 25.7 Å². The molecular formula is C17H20N4O3. The lowest BCUT2D eigenvalue weighted by atomic mass is 9.99. The van der Waals surface area contributed by atoms with Crippen LogP contribution < -0.4 is 5.56 Å². The standard InChI is InChI=1S/C17H20N4O3/c1-11-3-6-19(7-4-11)16(22)10-20-17(23)14-9-15-13(5-8-24-15)21(14)12(2)18-20/h5,8-9,11H,3-4,6-7,10H2,1-2H3. The molecule has 0 aliphatic carbocycles. The van der Waals surface area contributed by atoms with E-state index in [0.29, 0.717) is 22.8 Å². The zero-order valence-corrected chi connectivity index (χ0v) is 13.9. The number of carbonyl (C=O) groups is 1. The first kappa shape index (κ1) is 15.0. The van der Waals surface area contributed by atoms with Crippen LogP contribution in [0.5, 0.6) is 0 Å². The number of carbonyl (C=O) groups excluding carboxylic acids is 1. The van der Waals surface area contributed by atoms with Gasteiger partial charge in [-0.1, -0.05) is 6.92 Å². The molecule has 7 nitrogen and oxygen atoms in total. The number of nitrogens with zero attached hydrogens (tertiary/aromatic N) is 4. The van der Waals surface area contributed by atoms with E-state index in [4.69, 9.17) is 4.42 Å². The molecular weight excluding hydrogens is 308 g/mol. The number of hydrogen-bond donors (Lipinski definition) is 0. The zero-order chi connectivity index (χ0) is 16.8. The molecule has 24 heavy (non-hydrogen) atoms. The van der Waals surface area contributed by atoms with Crippen molar-refractivity contribution in [3.63, 3.8) is 0 Å². The minimum absolute atomic E-state index is 0.0168. The highest BCUT2D eigenvalue weighted by Gasteiger charge is 2.22. The van der Waals surface area contributed by atoms with Gasteiger partial charge in [-0.3, -0.25) is 14.0 Å². The first-order valence-electron chi connectivity index (χ1n) is 8.29. The number of piperidine rings is 1. The molecule has 126 valence electrons. The molecule has 0 N–H and O–H groups in total. The Bertz CT molecular complexity index is 973. The summed E-state index contributed by atoms with van der Waals surface area (Å²) < 4.78 is 8.40. The van der Waals surface area contributed by atoms with Crippen LogP contribution in [0.15, 0.2) is 27.6 Å². The fourth-order valence-corrected chi connectivity index (χ4v) is 3.42. The minimum Gasteiger partial charge on any atom is -0.463 e. The molecule has 0 bridgehead atoms. The minimum atomic E-state index is -0.272. The van der Waals surface area contributed by atoms with Gasteiger partial charge in [0, 0.05) is 25.2 Å². The van der Waals surface area contributed by atoms with Crippen molar-refractivity contribution in [2.24, 2.45) is 5.92 Å². The fraction of sp³-hybridized carbons (Fsp3) is 0.471. The third-order valence-electron chi connectivity index (χ3n) is 4.89. The van der Waals surface area contributed by atoms with Gasteiger partial charge in [0.1, 0.15) is 17.9 Å². The van der Waals surface area contributed by atoms with Gasteiger partial charge in [0.15, 0.2) is 5.58 Å². The van der Waals surface area contributed by atoms with Crippen LogP contribution in [0.2, 0.25) is 0 Å². The SMILES string of the molecule is Cc1nn(CC(=O)N2CCC(C)CC2)c(=O)c2cc3occc3n12. The number of aryl methyl sites for hydroxylation is 1. The Hall–Kier alpha value is -2.57. The highest BCUT2D eigenvalue weighted by atomic mass is 16.3. The van der Waals surface area contributed by atoms with Crippen LogP contribution in [-0.4, -0.2) is 38.1 Å². The van der Waals surface area contributed by atoms with Crippen molar-refractivity contribution in [1.82, 2.24) is 19.1 Å². The molecule has 0 unspecified atom stereocenters. The Morgan fingerprint density at radius 1 is 1.33 bits per heavy atom. The van der Waals surface area contributed by atoms with Crippen LogP contribution in [-0.2, 0) is 11.3 Å². The predicted octanol–water partition coefficient (Wildman–Crippen LogP) is 1.81. The van der Waals surface area contributed by atoms with Crippen molar-refractivity contribution in [2.75, 3.05) is 13.1 Å². The summed E-state index contributed by atoms with van der Waals surface area (Å²) in [6, 6.07) is 3.51. The maximum Gasteiger partial charge on any atom is 0.291 e. The van der Waals surface area contributed by atoms with Gasteiger partial charge >= 0.3 is 0 Å². The summed E-state index contributed by atoms with van der Waals surface area (Å²) >= 11 is 0. The maximum absolute atomic E-state index is 12.7. The van der Waals surface area contributed by atoms with E-state index in [2.05, 4.69) is 12.0 Å². The number of aromatic nitrogens is 3. The molecule has 4 heterocycles. The summed E-state index contributed by atoms with van der Waals surface area (Å²) in [6.07, 6.45) is 3.62. The average Bonchev–Trinajstić information content (AvgIpc) is 3.13. The van der Waals surface area contributed by atoms with Gasteiger partial charge in [-0.2, -0.15) is 5.10 Å². The second-order valence-electron chi connectivity index (χ2n) is 6.61. The summed E-state index contributed by atoms with van der Waals surface area (Å²) in [6.45, 7) is 5.52. The highest BCUT2D eigenvalue weighted by molar-refractivity contribution is 5.82. The molecule has 4 rings (SSSR count). The number of hydrogen-bond acceptors (Lipinski definition) is 4. The first-order chi connectivity index (χ1) is 11.5. The summed E-state index contributed by atoms with van der Waals surface area (Å²) in [5, 5.41) is 4.33. The lowest BCUT2D eigenvalue weighted by Crippen LogP contribution is -2.42. The lowest BCUT2D eigenvalue weighted by Gasteiger charge is -2.30. The van der Waals surface area contributed by atoms with Gasteiger partial charge in [0.2, 0.25) is 5.91 Å². The topological polar surface area (TPSA) is 72.8 Å². The van der Waals surface area contributed by atoms with Crippen molar-refractivity contribution in [1.29, 1.82) is 0 Å². The van der Waals surface area contributed by atoms with Gasteiger partial charge in [0.05, 0.1) is 11.8 Å². The van der Waals surface area contributed by atoms with Crippen LogP contribution in [0.3, 0.4) is 0 Å². The Morgan fingerprint density at radius 2 is 2.08 bits per heavy atom. The average molecular weight is 328 g/mol. The highest BCUT2D eigenvalue weighted by Crippen LogP contribution is 2.20. The fourth-order valence-electron chi connectivity index (χ4n) is 3.42. The summed E-state index contributed by atoms with van der Waals surface area (Å²) in [7, 11) is 0. The molecule has 1 aliphatic heterocycles. The van der Waals surface area contributed by atoms with E-state index in [-0.39, 0.29) is 18.0 Å². The van der Waals surface area contributed by atoms with Crippen molar-refractivity contribution >= 4 is 22.5 Å². The number of fused-ring (bicyclic) bond motifs is 3. The van der Waals surface area contributed by atoms with E-state index in [1.54, 1.807) is 22.8 Å². The molecule has 3 aromatic rings. The summed E-state index contributed by atoms with van der Waals surface area (Å²) in [4.78, 5) is 27.0. The molecule has 0 aromatic carbocycles. The Labute approximate surface area is 138 Å². The van der Waals surface area contributed by atoms with Crippen molar-refractivity contribution in [3.8, 4) is 0 Å². The zero-order valence-electron chi connectivity index (χ0n) is 13.9. The van der Waals surface area contributed by atoms with Crippen molar-refractivity contribution in [3.05, 3.63) is 34.6 Å². The molecule has 0 atom stereocenters. The summed E-state index contributed by atoms with van der Waals surface area (Å²) in [5.74, 6) is 1.27. The van der Waals surface area contributed by atoms with Gasteiger partial charge in [-0.15, -0.1) is 0 Å². The largest absolute Gasteiger partial charge is 0.463 e. The Morgan fingerprint density at radius 3 is 2.83 bits per heavy atom. The van der Waals surface area contributed by atoms with Gasteiger partial charge in [-0.25, -0.2) is 4.68 Å². The normalized spacial score (nSPS) is 16.3. The number of likely N-dealkylation sites (tertiary alicyclic amines) is 1.